The van der Waals surface area contributed by atoms with Crippen LogP contribution in [0.4, 0.5) is 0 Å². The number of thioether (sulfide) groups is 1. The number of benzene rings is 2. The summed E-state index contributed by atoms with van der Waals surface area (Å²) in [6, 6.07) is 19.8. The molecule has 2 heterocycles. The van der Waals surface area contributed by atoms with Crippen LogP contribution < -0.4 is 0 Å². The molecule has 6 heteroatoms. The van der Waals surface area contributed by atoms with Crippen LogP contribution >= 0.6 is 24.0 Å². The lowest BCUT2D eigenvalue weighted by Crippen LogP contribution is -2.27. The minimum absolute atomic E-state index is 0.0960. The lowest BCUT2D eigenvalue weighted by atomic mass is 10.1. The minimum Gasteiger partial charge on any atom is -0.289 e. The van der Waals surface area contributed by atoms with Gasteiger partial charge in [-0.15, -0.1) is 6.58 Å². The molecule has 1 saturated heterocycles. The van der Waals surface area contributed by atoms with Crippen LogP contribution in [-0.2, 0) is 4.79 Å². The third kappa shape index (κ3) is 3.56. The first kappa shape index (κ1) is 18.4. The van der Waals surface area contributed by atoms with Gasteiger partial charge in [0, 0.05) is 23.9 Å². The number of nitrogens with zero attached hydrogens (tertiary/aromatic N) is 3. The fourth-order valence-corrected chi connectivity index (χ4v) is 4.22. The molecule has 0 atom stereocenters. The van der Waals surface area contributed by atoms with E-state index in [-0.39, 0.29) is 5.91 Å². The van der Waals surface area contributed by atoms with Crippen LogP contribution in [0.25, 0.3) is 23.0 Å². The largest absolute Gasteiger partial charge is 0.289 e. The molecule has 1 fully saturated rings. The summed E-state index contributed by atoms with van der Waals surface area (Å²) in [5.41, 5.74) is 3.64. The smallest absolute Gasteiger partial charge is 0.266 e. The van der Waals surface area contributed by atoms with Gasteiger partial charge in [-0.05, 0) is 18.2 Å². The monoisotopic (exact) mass is 403 g/mol. The Morgan fingerprint density at radius 2 is 1.75 bits per heavy atom. The molecule has 0 bridgehead atoms. The molecule has 1 aliphatic heterocycles. The van der Waals surface area contributed by atoms with Crippen LogP contribution in [0.3, 0.4) is 0 Å². The van der Waals surface area contributed by atoms with E-state index in [1.165, 1.54) is 11.8 Å². The number of carbonyl (C=O) groups excluding carboxylic acids is 1. The maximum absolute atomic E-state index is 12.7. The molecule has 1 aromatic heterocycles. The first-order chi connectivity index (χ1) is 13.7. The third-order valence-electron chi connectivity index (χ3n) is 4.28. The number of hydrogen-bond donors (Lipinski definition) is 0. The average molecular weight is 404 g/mol. The van der Waals surface area contributed by atoms with Gasteiger partial charge in [-0.3, -0.25) is 9.69 Å². The Morgan fingerprint density at radius 1 is 1.07 bits per heavy atom. The van der Waals surface area contributed by atoms with E-state index in [0.29, 0.717) is 15.8 Å². The van der Waals surface area contributed by atoms with E-state index >= 15 is 0 Å². The third-order valence-corrected chi connectivity index (χ3v) is 5.66. The molecular weight excluding hydrogens is 386 g/mol. The highest BCUT2D eigenvalue weighted by Gasteiger charge is 2.31. The summed E-state index contributed by atoms with van der Waals surface area (Å²) in [5, 5.41) is 4.78. The number of carbonyl (C=O) groups is 1. The van der Waals surface area contributed by atoms with Crippen molar-refractivity contribution in [2.24, 2.45) is 0 Å². The molecule has 2 aromatic carbocycles. The summed E-state index contributed by atoms with van der Waals surface area (Å²) in [6.07, 6.45) is 5.49. The zero-order chi connectivity index (χ0) is 19.5. The van der Waals surface area contributed by atoms with Crippen molar-refractivity contribution >= 4 is 40.3 Å². The molecule has 0 saturated carbocycles. The first-order valence-corrected chi connectivity index (χ1v) is 9.96. The molecule has 4 rings (SSSR count). The Morgan fingerprint density at radius 3 is 2.43 bits per heavy atom. The maximum Gasteiger partial charge on any atom is 0.266 e. The fraction of sp³-hybridized carbons (Fsp3) is 0.0455. The number of aromatic nitrogens is 2. The molecule has 0 radical (unpaired) electrons. The summed E-state index contributed by atoms with van der Waals surface area (Å²) in [5.74, 6) is -0.0960. The molecular formula is C22H17N3OS2. The molecule has 0 spiro atoms. The predicted molar refractivity (Wildman–Crippen MR) is 119 cm³/mol. The highest BCUT2D eigenvalue weighted by atomic mass is 32.2. The van der Waals surface area contributed by atoms with E-state index in [2.05, 4.69) is 6.58 Å². The zero-order valence-electron chi connectivity index (χ0n) is 15.0. The SMILES string of the molecule is C=CCN1C(=O)/C(=C\c2cn(-c3ccccc3)nc2-c2ccccc2)SC1=S. The van der Waals surface area contributed by atoms with Crippen LogP contribution in [0.5, 0.6) is 0 Å². The van der Waals surface area contributed by atoms with Crippen LogP contribution in [0, 0.1) is 0 Å². The Labute approximate surface area is 173 Å². The van der Waals surface area contributed by atoms with Crippen molar-refractivity contribution in [3.8, 4) is 16.9 Å². The fourth-order valence-electron chi connectivity index (χ4n) is 2.95. The maximum atomic E-state index is 12.7. The average Bonchev–Trinajstić information content (AvgIpc) is 3.26. The van der Waals surface area contributed by atoms with Gasteiger partial charge in [-0.1, -0.05) is 78.6 Å². The van der Waals surface area contributed by atoms with Crippen molar-refractivity contribution in [2.75, 3.05) is 6.54 Å². The molecule has 28 heavy (non-hydrogen) atoms. The predicted octanol–water partition coefficient (Wildman–Crippen LogP) is 4.93. The summed E-state index contributed by atoms with van der Waals surface area (Å²) in [7, 11) is 0. The number of thiocarbonyl (C=S) groups is 1. The van der Waals surface area contributed by atoms with Gasteiger partial charge in [0.2, 0.25) is 0 Å². The molecule has 4 nitrogen and oxygen atoms in total. The lowest BCUT2D eigenvalue weighted by Gasteiger charge is -2.10. The second-order valence-electron chi connectivity index (χ2n) is 6.16. The first-order valence-electron chi connectivity index (χ1n) is 8.74. The summed E-state index contributed by atoms with van der Waals surface area (Å²) < 4.78 is 2.38. The van der Waals surface area contributed by atoms with Crippen molar-refractivity contribution in [2.45, 2.75) is 0 Å². The second kappa shape index (κ2) is 7.96. The summed E-state index contributed by atoms with van der Waals surface area (Å²) >= 11 is 6.65. The van der Waals surface area contributed by atoms with Crippen LogP contribution in [-0.4, -0.2) is 31.5 Å². The number of para-hydroxylation sites is 1. The van der Waals surface area contributed by atoms with Gasteiger partial charge >= 0.3 is 0 Å². The van der Waals surface area contributed by atoms with E-state index in [1.54, 1.807) is 11.0 Å². The van der Waals surface area contributed by atoms with Gasteiger partial charge in [0.15, 0.2) is 0 Å². The molecule has 1 aliphatic rings. The van der Waals surface area contributed by atoms with E-state index in [0.717, 1.165) is 22.5 Å². The van der Waals surface area contributed by atoms with E-state index in [4.69, 9.17) is 17.3 Å². The quantitative estimate of drug-likeness (QED) is 0.344. The highest BCUT2D eigenvalue weighted by molar-refractivity contribution is 8.26. The number of hydrogen-bond acceptors (Lipinski definition) is 4. The standard InChI is InChI=1S/C22H17N3OS2/c1-2-13-24-21(26)19(28-22(24)27)14-17-15-25(18-11-7-4-8-12-18)23-20(17)16-9-5-3-6-10-16/h2-12,14-15H,1,13H2/b19-14+. The lowest BCUT2D eigenvalue weighted by molar-refractivity contribution is -0.121. The highest BCUT2D eigenvalue weighted by Crippen LogP contribution is 2.34. The van der Waals surface area contributed by atoms with Crippen molar-refractivity contribution in [3.63, 3.8) is 0 Å². The molecule has 3 aromatic rings. The van der Waals surface area contributed by atoms with Crippen molar-refractivity contribution in [1.29, 1.82) is 0 Å². The van der Waals surface area contributed by atoms with Gasteiger partial charge < -0.3 is 0 Å². The van der Waals surface area contributed by atoms with Gasteiger partial charge in [0.1, 0.15) is 4.32 Å². The van der Waals surface area contributed by atoms with Crippen LogP contribution in [0.15, 0.2) is 84.4 Å². The topological polar surface area (TPSA) is 38.1 Å². The number of rotatable bonds is 5. The minimum atomic E-state index is -0.0960. The Hall–Kier alpha value is -2.96. The van der Waals surface area contributed by atoms with Gasteiger partial charge in [0.25, 0.3) is 5.91 Å². The normalized spacial score (nSPS) is 15.4. The van der Waals surface area contributed by atoms with Gasteiger partial charge in [-0.25, -0.2) is 4.68 Å². The molecule has 138 valence electrons. The van der Waals surface area contributed by atoms with Crippen molar-refractivity contribution in [1.82, 2.24) is 14.7 Å². The molecule has 1 amide bonds. The molecule has 0 aliphatic carbocycles. The van der Waals surface area contributed by atoms with Gasteiger partial charge in [-0.2, -0.15) is 5.10 Å². The van der Waals surface area contributed by atoms with E-state index < -0.39 is 0 Å². The van der Waals surface area contributed by atoms with E-state index in [9.17, 15) is 4.79 Å². The van der Waals surface area contributed by atoms with Crippen LogP contribution in [0.2, 0.25) is 0 Å². The van der Waals surface area contributed by atoms with E-state index in [1.807, 2.05) is 77.6 Å². The van der Waals surface area contributed by atoms with Crippen molar-refractivity contribution in [3.05, 3.63) is 90.0 Å². The zero-order valence-corrected chi connectivity index (χ0v) is 16.6. The Balaban J connectivity index is 1.80. The second-order valence-corrected chi connectivity index (χ2v) is 7.84. The van der Waals surface area contributed by atoms with Crippen LogP contribution in [0.1, 0.15) is 5.56 Å². The Bertz CT molecular complexity index is 1070. The Kier molecular flexibility index (Phi) is 5.23. The number of amides is 1. The molecule has 0 N–H and O–H groups in total. The van der Waals surface area contributed by atoms with Gasteiger partial charge in [0.05, 0.1) is 16.3 Å². The summed E-state index contributed by atoms with van der Waals surface area (Å²) in [4.78, 5) is 14.9. The molecule has 0 unspecified atom stereocenters. The van der Waals surface area contributed by atoms with Crippen molar-refractivity contribution < 1.29 is 4.79 Å². The summed E-state index contributed by atoms with van der Waals surface area (Å²) in [6.45, 7) is 4.11.